The van der Waals surface area contributed by atoms with Crippen molar-refractivity contribution in [1.82, 2.24) is 4.72 Å². The lowest BCUT2D eigenvalue weighted by atomic mass is 10.3. The minimum absolute atomic E-state index is 0.00562. The van der Waals surface area contributed by atoms with Crippen LogP contribution >= 0.6 is 11.6 Å². The molecule has 1 rings (SSSR count). The molecule has 0 saturated heterocycles. The lowest BCUT2D eigenvalue weighted by Crippen LogP contribution is -2.43. The summed E-state index contributed by atoms with van der Waals surface area (Å²) in [5, 5.41) is 2.40. The summed E-state index contributed by atoms with van der Waals surface area (Å²) in [6.07, 6.45) is -0.0387. The number of hydrogen-bond acceptors (Lipinski definition) is 5. The number of hydrogen-bond donors (Lipinski definition) is 2. The number of esters is 1. The molecule has 0 heterocycles. The van der Waals surface area contributed by atoms with Crippen molar-refractivity contribution in [2.75, 3.05) is 11.1 Å². The van der Waals surface area contributed by atoms with Gasteiger partial charge in [0.25, 0.3) is 5.91 Å². The Bertz CT molecular complexity index is 757. The number of halogens is 2. The Labute approximate surface area is 157 Å². The molecule has 0 spiro atoms. The van der Waals surface area contributed by atoms with Gasteiger partial charge in [-0.3, -0.25) is 9.59 Å². The third-order valence-electron chi connectivity index (χ3n) is 3.33. The summed E-state index contributed by atoms with van der Waals surface area (Å²) in [6, 6.07) is 2.28. The van der Waals surface area contributed by atoms with E-state index in [4.69, 9.17) is 16.3 Å². The van der Waals surface area contributed by atoms with Gasteiger partial charge in [-0.15, -0.1) is 0 Å². The molecule has 0 unspecified atom stereocenters. The first-order valence-electron chi connectivity index (χ1n) is 8.02. The molecule has 2 atom stereocenters. The molecule has 1 amide bonds. The Kier molecular flexibility index (Phi) is 8.45. The van der Waals surface area contributed by atoms with Gasteiger partial charge in [0.15, 0.2) is 6.10 Å². The number of sulfonamides is 1. The van der Waals surface area contributed by atoms with E-state index in [9.17, 15) is 22.4 Å². The normalized spacial score (nSPS) is 13.7. The fourth-order valence-corrected chi connectivity index (χ4v) is 3.50. The first-order valence-corrected chi connectivity index (χ1v) is 10.0. The van der Waals surface area contributed by atoms with E-state index in [2.05, 4.69) is 10.0 Å². The minimum Gasteiger partial charge on any atom is -0.451 e. The SMILES string of the molecule is CCCCS(=O)(=O)N[C@@H](C)C(=O)O[C@H](C)C(=O)Nc1ccc(F)cc1Cl. The molecule has 0 radical (unpaired) electrons. The average molecular weight is 409 g/mol. The van der Waals surface area contributed by atoms with Crippen LogP contribution in [0.5, 0.6) is 0 Å². The van der Waals surface area contributed by atoms with E-state index in [0.717, 1.165) is 12.1 Å². The minimum atomic E-state index is -3.61. The van der Waals surface area contributed by atoms with E-state index in [1.165, 1.54) is 19.9 Å². The van der Waals surface area contributed by atoms with E-state index < -0.39 is 39.9 Å². The standard InChI is InChI=1S/C16H22ClFN2O5S/c1-4-5-8-26(23,24)20-10(2)16(22)25-11(3)15(21)19-14-7-6-12(18)9-13(14)17/h6-7,9-11,20H,4-5,8H2,1-3H3,(H,19,21)/t10-,11+/m0/s1. The van der Waals surface area contributed by atoms with Crippen LogP contribution in [0.1, 0.15) is 33.6 Å². The molecule has 1 aromatic carbocycles. The molecule has 0 aliphatic heterocycles. The van der Waals surface area contributed by atoms with Gasteiger partial charge >= 0.3 is 5.97 Å². The number of rotatable bonds is 9. The molecule has 0 aromatic heterocycles. The van der Waals surface area contributed by atoms with Crippen LogP contribution in [0.2, 0.25) is 5.02 Å². The highest BCUT2D eigenvalue weighted by molar-refractivity contribution is 7.89. The highest BCUT2D eigenvalue weighted by Crippen LogP contribution is 2.22. The van der Waals surface area contributed by atoms with E-state index in [-0.39, 0.29) is 16.5 Å². The zero-order valence-corrected chi connectivity index (χ0v) is 16.3. The Hall–Kier alpha value is -1.71. The molecule has 0 saturated carbocycles. The van der Waals surface area contributed by atoms with E-state index in [1.807, 2.05) is 6.92 Å². The Balaban J connectivity index is 2.61. The number of carbonyl (C=O) groups is 2. The Morgan fingerprint density at radius 2 is 1.96 bits per heavy atom. The van der Waals surface area contributed by atoms with Crippen molar-refractivity contribution >= 4 is 39.2 Å². The van der Waals surface area contributed by atoms with Gasteiger partial charge in [0.05, 0.1) is 16.5 Å². The van der Waals surface area contributed by atoms with Gasteiger partial charge < -0.3 is 10.1 Å². The predicted molar refractivity (Wildman–Crippen MR) is 96.9 cm³/mol. The summed E-state index contributed by atoms with van der Waals surface area (Å²) in [6.45, 7) is 4.50. The molecule has 2 N–H and O–H groups in total. The maximum absolute atomic E-state index is 13.0. The number of benzene rings is 1. The van der Waals surface area contributed by atoms with Crippen LogP contribution < -0.4 is 10.0 Å². The summed E-state index contributed by atoms with van der Waals surface area (Å²) < 4.78 is 43.7. The van der Waals surface area contributed by atoms with Gasteiger partial charge in [-0.25, -0.2) is 17.5 Å². The van der Waals surface area contributed by atoms with Gasteiger partial charge in [-0.2, -0.15) is 0 Å². The number of carbonyl (C=O) groups excluding carboxylic acids is 2. The summed E-state index contributed by atoms with van der Waals surface area (Å²) >= 11 is 5.81. The van der Waals surface area contributed by atoms with Crippen molar-refractivity contribution < 1.29 is 27.1 Å². The molecule has 26 heavy (non-hydrogen) atoms. The van der Waals surface area contributed by atoms with Crippen LogP contribution in [-0.2, 0) is 24.3 Å². The molecular weight excluding hydrogens is 387 g/mol. The van der Waals surface area contributed by atoms with Crippen molar-refractivity contribution in [1.29, 1.82) is 0 Å². The molecule has 0 aliphatic carbocycles. The van der Waals surface area contributed by atoms with Crippen molar-refractivity contribution in [3.05, 3.63) is 29.0 Å². The second-order valence-corrected chi connectivity index (χ2v) is 7.99. The third kappa shape index (κ3) is 7.27. The second-order valence-electron chi connectivity index (χ2n) is 5.70. The monoisotopic (exact) mass is 408 g/mol. The van der Waals surface area contributed by atoms with Gasteiger partial charge in [0.2, 0.25) is 10.0 Å². The molecule has 1 aromatic rings. The largest absolute Gasteiger partial charge is 0.451 e. The summed E-state index contributed by atoms with van der Waals surface area (Å²) in [7, 11) is -3.61. The fraction of sp³-hybridized carbons (Fsp3) is 0.500. The first-order chi connectivity index (χ1) is 12.1. The number of anilines is 1. The van der Waals surface area contributed by atoms with Crippen molar-refractivity contribution in [3.8, 4) is 0 Å². The second kappa shape index (κ2) is 9.84. The number of ether oxygens (including phenoxy) is 1. The molecular formula is C16H22ClFN2O5S. The van der Waals surface area contributed by atoms with Crippen LogP contribution in [-0.4, -0.2) is 38.2 Å². The van der Waals surface area contributed by atoms with E-state index in [0.29, 0.717) is 12.8 Å². The lowest BCUT2D eigenvalue weighted by Gasteiger charge is -2.18. The van der Waals surface area contributed by atoms with Gasteiger partial charge in [0, 0.05) is 0 Å². The van der Waals surface area contributed by atoms with Gasteiger partial charge in [-0.1, -0.05) is 24.9 Å². The fourth-order valence-electron chi connectivity index (χ4n) is 1.87. The summed E-state index contributed by atoms with van der Waals surface area (Å²) in [5.41, 5.74) is 0.161. The molecule has 0 fully saturated rings. The number of unbranched alkanes of at least 4 members (excludes halogenated alkanes) is 1. The number of nitrogens with one attached hydrogen (secondary N) is 2. The number of amides is 1. The molecule has 7 nitrogen and oxygen atoms in total. The van der Waals surface area contributed by atoms with Crippen LogP contribution in [0.4, 0.5) is 10.1 Å². The van der Waals surface area contributed by atoms with Gasteiger partial charge in [-0.05, 0) is 38.5 Å². The maximum atomic E-state index is 13.0. The zero-order chi connectivity index (χ0) is 19.9. The van der Waals surface area contributed by atoms with Crippen LogP contribution in [0, 0.1) is 5.82 Å². The van der Waals surface area contributed by atoms with Crippen molar-refractivity contribution in [2.45, 2.75) is 45.8 Å². The van der Waals surface area contributed by atoms with Crippen LogP contribution in [0.3, 0.4) is 0 Å². The summed E-state index contributed by atoms with van der Waals surface area (Å²) in [5.74, 6) is -2.23. The maximum Gasteiger partial charge on any atom is 0.324 e. The smallest absolute Gasteiger partial charge is 0.324 e. The van der Waals surface area contributed by atoms with Crippen LogP contribution in [0.15, 0.2) is 18.2 Å². The van der Waals surface area contributed by atoms with Crippen molar-refractivity contribution in [3.63, 3.8) is 0 Å². The Morgan fingerprint density at radius 1 is 1.31 bits per heavy atom. The molecule has 10 heteroatoms. The first kappa shape index (κ1) is 22.3. The highest BCUT2D eigenvalue weighted by Gasteiger charge is 2.25. The van der Waals surface area contributed by atoms with Crippen molar-refractivity contribution in [2.24, 2.45) is 0 Å². The molecule has 146 valence electrons. The molecule has 0 bridgehead atoms. The third-order valence-corrected chi connectivity index (χ3v) is 5.18. The lowest BCUT2D eigenvalue weighted by molar-refractivity contribution is -0.154. The zero-order valence-electron chi connectivity index (χ0n) is 14.7. The van der Waals surface area contributed by atoms with Crippen LogP contribution in [0.25, 0.3) is 0 Å². The Morgan fingerprint density at radius 3 is 2.54 bits per heavy atom. The quantitative estimate of drug-likeness (QED) is 0.611. The highest BCUT2D eigenvalue weighted by atomic mass is 35.5. The molecule has 0 aliphatic rings. The van der Waals surface area contributed by atoms with E-state index in [1.54, 1.807) is 0 Å². The summed E-state index contributed by atoms with van der Waals surface area (Å²) in [4.78, 5) is 24.0. The van der Waals surface area contributed by atoms with Gasteiger partial charge in [0.1, 0.15) is 11.9 Å². The topological polar surface area (TPSA) is 102 Å². The average Bonchev–Trinajstić information content (AvgIpc) is 2.54. The van der Waals surface area contributed by atoms with E-state index >= 15 is 0 Å². The predicted octanol–water partition coefficient (Wildman–Crippen LogP) is 2.46.